The topological polar surface area (TPSA) is 80.2 Å². The monoisotopic (exact) mass is 333 g/mol. The molecule has 1 aromatic heterocycles. The molecule has 0 spiro atoms. The van der Waals surface area contributed by atoms with E-state index >= 15 is 0 Å². The summed E-state index contributed by atoms with van der Waals surface area (Å²) >= 11 is 0. The maximum absolute atomic E-state index is 11.9. The number of rotatable bonds is 5. The molecule has 0 aliphatic heterocycles. The zero-order valence-corrected chi connectivity index (χ0v) is 14.5. The smallest absolute Gasteiger partial charge is 0.313 e. The molecule has 132 valence electrons. The van der Waals surface area contributed by atoms with E-state index in [2.05, 4.69) is 17.6 Å². The van der Waals surface area contributed by atoms with Gasteiger partial charge in [-0.15, -0.1) is 0 Å². The van der Waals surface area contributed by atoms with Crippen molar-refractivity contribution in [2.75, 3.05) is 11.9 Å². The number of hydrogen-bond donors (Lipinski definition) is 2. The fourth-order valence-corrected chi connectivity index (χ4v) is 3.33. The molecule has 1 saturated carbocycles. The molecule has 0 unspecified atom stereocenters. The Morgan fingerprint density at radius 3 is 2.75 bits per heavy atom. The summed E-state index contributed by atoms with van der Waals surface area (Å²) in [5.41, 5.74) is 0.305. The molecule has 2 N–H and O–H groups in total. The lowest BCUT2D eigenvalue weighted by Crippen LogP contribution is -2.37. The van der Waals surface area contributed by atoms with E-state index in [1.54, 1.807) is 0 Å². The molecule has 0 saturated heterocycles. The van der Waals surface area contributed by atoms with Crippen LogP contribution < -0.4 is 16.2 Å². The van der Waals surface area contributed by atoms with Crippen LogP contribution in [0.4, 0.5) is 5.69 Å². The van der Waals surface area contributed by atoms with Crippen LogP contribution in [0.3, 0.4) is 0 Å². The summed E-state index contributed by atoms with van der Waals surface area (Å²) in [6.45, 7) is 5.15. The molecule has 6 nitrogen and oxygen atoms in total. The van der Waals surface area contributed by atoms with Crippen LogP contribution in [0, 0.1) is 11.8 Å². The normalized spacial score (nSPS) is 20.4. The van der Waals surface area contributed by atoms with Gasteiger partial charge in [-0.1, -0.05) is 26.2 Å². The Bertz CT molecular complexity index is 639. The minimum Gasteiger partial charge on any atom is -0.348 e. The maximum Gasteiger partial charge on any atom is 0.313 e. The third kappa shape index (κ3) is 5.22. The number of aryl methyl sites for hydroxylation is 1. The molecule has 24 heavy (non-hydrogen) atoms. The van der Waals surface area contributed by atoms with Gasteiger partial charge in [-0.05, 0) is 37.7 Å². The third-order valence-corrected chi connectivity index (χ3v) is 4.67. The summed E-state index contributed by atoms with van der Waals surface area (Å²) in [5.74, 6) is 0.0728. The van der Waals surface area contributed by atoms with E-state index in [-0.39, 0.29) is 5.56 Å². The van der Waals surface area contributed by atoms with Gasteiger partial charge in [0, 0.05) is 25.4 Å². The van der Waals surface area contributed by atoms with E-state index < -0.39 is 11.8 Å². The van der Waals surface area contributed by atoms with Crippen molar-refractivity contribution in [2.45, 2.75) is 52.5 Å². The van der Waals surface area contributed by atoms with E-state index in [4.69, 9.17) is 0 Å². The van der Waals surface area contributed by atoms with E-state index in [0.717, 1.165) is 12.3 Å². The Labute approximate surface area is 142 Å². The molecule has 0 bridgehead atoms. The van der Waals surface area contributed by atoms with Crippen LogP contribution in [0.15, 0.2) is 23.1 Å². The SMILES string of the molecule is CCn1cc(NC(=O)C(=O)NCC[C@H]2CCC[C@H](C)C2)ccc1=O. The molecular weight excluding hydrogens is 306 g/mol. The largest absolute Gasteiger partial charge is 0.348 e. The van der Waals surface area contributed by atoms with E-state index in [9.17, 15) is 14.4 Å². The van der Waals surface area contributed by atoms with Crippen molar-refractivity contribution in [3.05, 3.63) is 28.7 Å². The molecular formula is C18H27N3O3. The van der Waals surface area contributed by atoms with Crippen LogP contribution in [0.2, 0.25) is 0 Å². The Morgan fingerprint density at radius 1 is 1.25 bits per heavy atom. The average Bonchev–Trinajstić information content (AvgIpc) is 2.56. The van der Waals surface area contributed by atoms with Crippen molar-refractivity contribution in [2.24, 2.45) is 11.8 Å². The number of aromatic nitrogens is 1. The van der Waals surface area contributed by atoms with Crippen LogP contribution in [0.25, 0.3) is 0 Å². The summed E-state index contributed by atoms with van der Waals surface area (Å²) in [7, 11) is 0. The van der Waals surface area contributed by atoms with Crippen molar-refractivity contribution in [1.82, 2.24) is 9.88 Å². The number of hydrogen-bond acceptors (Lipinski definition) is 3. The van der Waals surface area contributed by atoms with Gasteiger partial charge < -0.3 is 15.2 Å². The molecule has 1 aliphatic carbocycles. The van der Waals surface area contributed by atoms with Crippen molar-refractivity contribution >= 4 is 17.5 Å². The number of carbonyl (C=O) groups is 2. The molecule has 1 aromatic rings. The zero-order valence-electron chi connectivity index (χ0n) is 14.5. The lowest BCUT2D eigenvalue weighted by Gasteiger charge is -2.26. The second-order valence-corrected chi connectivity index (χ2v) is 6.68. The molecule has 6 heteroatoms. The van der Waals surface area contributed by atoms with Crippen molar-refractivity contribution < 1.29 is 9.59 Å². The van der Waals surface area contributed by atoms with E-state index in [0.29, 0.717) is 24.7 Å². The van der Waals surface area contributed by atoms with Gasteiger partial charge in [0.15, 0.2) is 0 Å². The van der Waals surface area contributed by atoms with Crippen molar-refractivity contribution in [3.8, 4) is 0 Å². The highest BCUT2D eigenvalue weighted by Gasteiger charge is 2.19. The number of nitrogens with zero attached hydrogens (tertiary/aromatic N) is 1. The molecule has 2 atom stereocenters. The quantitative estimate of drug-likeness (QED) is 0.810. The summed E-state index contributed by atoms with van der Waals surface area (Å²) in [4.78, 5) is 35.3. The molecule has 2 amide bonds. The fraction of sp³-hybridized carbons (Fsp3) is 0.611. The van der Waals surface area contributed by atoms with Crippen molar-refractivity contribution in [3.63, 3.8) is 0 Å². The number of nitrogens with one attached hydrogen (secondary N) is 2. The first-order valence-corrected chi connectivity index (χ1v) is 8.79. The second kappa shape index (κ2) is 8.66. The number of amides is 2. The van der Waals surface area contributed by atoms with Crippen LogP contribution in [0.5, 0.6) is 0 Å². The molecule has 2 rings (SSSR count). The van der Waals surface area contributed by atoms with Gasteiger partial charge in [0.2, 0.25) is 0 Å². The van der Waals surface area contributed by atoms with Gasteiger partial charge in [-0.3, -0.25) is 14.4 Å². The van der Waals surface area contributed by atoms with Gasteiger partial charge in [0.05, 0.1) is 5.69 Å². The Balaban J connectivity index is 1.77. The first kappa shape index (κ1) is 18.2. The van der Waals surface area contributed by atoms with Gasteiger partial charge in [0.25, 0.3) is 5.56 Å². The Hall–Kier alpha value is -2.11. The zero-order chi connectivity index (χ0) is 17.5. The van der Waals surface area contributed by atoms with Gasteiger partial charge in [-0.25, -0.2) is 0 Å². The van der Waals surface area contributed by atoms with Gasteiger partial charge in [-0.2, -0.15) is 0 Å². The highest BCUT2D eigenvalue weighted by Crippen LogP contribution is 2.30. The van der Waals surface area contributed by atoms with Gasteiger partial charge in [0.1, 0.15) is 0 Å². The summed E-state index contributed by atoms with van der Waals surface area (Å²) in [5, 5.41) is 5.21. The Morgan fingerprint density at radius 2 is 2.04 bits per heavy atom. The van der Waals surface area contributed by atoms with E-state index in [1.807, 2.05) is 6.92 Å². The predicted molar refractivity (Wildman–Crippen MR) is 93.8 cm³/mol. The average molecular weight is 333 g/mol. The molecule has 0 radical (unpaired) electrons. The third-order valence-electron chi connectivity index (χ3n) is 4.67. The van der Waals surface area contributed by atoms with Gasteiger partial charge >= 0.3 is 11.8 Å². The summed E-state index contributed by atoms with van der Waals surface area (Å²) in [6.07, 6.45) is 7.44. The minimum absolute atomic E-state index is 0.137. The number of pyridine rings is 1. The van der Waals surface area contributed by atoms with Crippen LogP contribution in [0.1, 0.15) is 46.0 Å². The molecule has 0 aromatic carbocycles. The Kier molecular flexibility index (Phi) is 6.58. The first-order valence-electron chi connectivity index (χ1n) is 8.79. The highest BCUT2D eigenvalue weighted by atomic mass is 16.2. The van der Waals surface area contributed by atoms with Crippen molar-refractivity contribution in [1.29, 1.82) is 0 Å². The minimum atomic E-state index is -0.701. The summed E-state index contributed by atoms with van der Waals surface area (Å²) < 4.78 is 1.47. The number of carbonyl (C=O) groups excluding carboxylic acids is 2. The second-order valence-electron chi connectivity index (χ2n) is 6.68. The molecule has 1 fully saturated rings. The predicted octanol–water partition coefficient (Wildman–Crippen LogP) is 2.14. The molecule has 1 aliphatic rings. The van der Waals surface area contributed by atoms with E-state index in [1.165, 1.54) is 48.6 Å². The fourth-order valence-electron chi connectivity index (χ4n) is 3.33. The highest BCUT2D eigenvalue weighted by molar-refractivity contribution is 6.39. The lowest BCUT2D eigenvalue weighted by molar-refractivity contribution is -0.136. The lowest BCUT2D eigenvalue weighted by atomic mass is 9.81. The summed E-state index contributed by atoms with van der Waals surface area (Å²) in [6, 6.07) is 2.88. The number of anilines is 1. The van der Waals surface area contributed by atoms with Crippen LogP contribution >= 0.6 is 0 Å². The molecule has 1 heterocycles. The van der Waals surface area contributed by atoms with Crippen LogP contribution in [-0.2, 0) is 16.1 Å². The standard InChI is InChI=1S/C18H27N3O3/c1-3-21-12-15(7-8-16(21)22)20-18(24)17(23)19-10-9-14-6-4-5-13(2)11-14/h7-8,12-14H,3-6,9-11H2,1-2H3,(H,19,23)(H,20,24)/t13-,14+/m0/s1. The maximum atomic E-state index is 11.9. The van der Waals surface area contributed by atoms with Crippen LogP contribution in [-0.4, -0.2) is 22.9 Å². The first-order chi connectivity index (χ1) is 11.5.